The molecule has 0 amide bonds. The van der Waals surface area contributed by atoms with E-state index in [2.05, 4.69) is 0 Å². The summed E-state index contributed by atoms with van der Waals surface area (Å²) in [4.78, 5) is 0. The highest BCUT2D eigenvalue weighted by molar-refractivity contribution is 7.86. The summed E-state index contributed by atoms with van der Waals surface area (Å²) in [5.41, 5.74) is 0.833. The van der Waals surface area contributed by atoms with Crippen LogP contribution in [0.1, 0.15) is 0 Å². The normalized spacial score (nSPS) is 13.0. The van der Waals surface area contributed by atoms with E-state index in [-0.39, 0.29) is 13.6 Å². The molecular formula is C42H36O10P2. The average molecular weight is 763 g/mol. The first-order chi connectivity index (χ1) is 26.3. The fraction of sp³-hybridized carbons (Fsp3) is 0.143. The van der Waals surface area contributed by atoms with Gasteiger partial charge in [0.1, 0.15) is 23.0 Å². The van der Waals surface area contributed by atoms with Crippen LogP contribution in [0.3, 0.4) is 0 Å². The molecule has 2 aliphatic heterocycles. The van der Waals surface area contributed by atoms with E-state index in [1.54, 1.807) is 150 Å². The molecule has 0 atom stereocenters. The summed E-state index contributed by atoms with van der Waals surface area (Å²) < 4.78 is 79.1. The minimum Gasteiger partial charge on any atom is -0.497 e. The third-order valence-electron chi connectivity index (χ3n) is 9.71. The maximum atomic E-state index is 16.4. The molecule has 10 nitrogen and oxygen atoms in total. The molecule has 8 rings (SSSR count). The van der Waals surface area contributed by atoms with Crippen LogP contribution in [-0.2, 0) is 9.13 Å². The van der Waals surface area contributed by atoms with Crippen molar-refractivity contribution < 1.29 is 47.0 Å². The van der Waals surface area contributed by atoms with Gasteiger partial charge in [0.15, 0.2) is 37.3 Å². The fourth-order valence-corrected chi connectivity index (χ4v) is 12.6. The first kappa shape index (κ1) is 35.2. The summed E-state index contributed by atoms with van der Waals surface area (Å²) in [6.07, 6.45) is 0. The lowest BCUT2D eigenvalue weighted by Gasteiger charge is -2.28. The van der Waals surface area contributed by atoms with Gasteiger partial charge < -0.3 is 47.0 Å². The number of ether oxygens (including phenoxy) is 8. The summed E-state index contributed by atoms with van der Waals surface area (Å²) in [5, 5.41) is 2.98. The molecule has 0 aliphatic carbocycles. The second kappa shape index (κ2) is 14.2. The van der Waals surface area contributed by atoms with Crippen LogP contribution in [0.4, 0.5) is 0 Å². The van der Waals surface area contributed by atoms with E-state index in [0.29, 0.717) is 89.0 Å². The van der Waals surface area contributed by atoms with E-state index >= 15 is 9.13 Å². The number of hydrogen-bond donors (Lipinski definition) is 0. The Morgan fingerprint density at radius 3 is 0.926 bits per heavy atom. The Kier molecular flexibility index (Phi) is 9.26. The molecule has 0 radical (unpaired) electrons. The maximum Gasteiger partial charge on any atom is 0.231 e. The van der Waals surface area contributed by atoms with Gasteiger partial charge in [-0.3, -0.25) is 0 Å². The number of benzene rings is 6. The van der Waals surface area contributed by atoms with Crippen molar-refractivity contribution >= 4 is 46.1 Å². The van der Waals surface area contributed by atoms with Crippen molar-refractivity contribution in [1.82, 2.24) is 0 Å². The van der Waals surface area contributed by atoms with Crippen molar-refractivity contribution in [2.45, 2.75) is 0 Å². The average Bonchev–Trinajstić information content (AvgIpc) is 3.93. The Bertz CT molecular complexity index is 2150. The lowest BCUT2D eigenvalue weighted by Crippen LogP contribution is -2.30. The van der Waals surface area contributed by atoms with Crippen molar-refractivity contribution in [3.8, 4) is 57.1 Å². The molecule has 54 heavy (non-hydrogen) atoms. The Labute approximate surface area is 312 Å². The van der Waals surface area contributed by atoms with Crippen molar-refractivity contribution in [2.24, 2.45) is 0 Å². The van der Waals surface area contributed by atoms with Crippen molar-refractivity contribution in [3.05, 3.63) is 121 Å². The lowest BCUT2D eigenvalue weighted by molar-refractivity contribution is 0.173. The van der Waals surface area contributed by atoms with Gasteiger partial charge in [-0.15, -0.1) is 0 Å². The van der Waals surface area contributed by atoms with Crippen LogP contribution in [0.15, 0.2) is 121 Å². The standard InChI is InChI=1S/C42H36O10P2/c1-45-27-5-13-31(14-6-27)53(43,32-15-7-28(46-2)8-16-32)37-23-21-35-41(51-25-49-35)39(37)40-38(24-22-36-42(40)52-26-50-36)54(44,33-17-9-29(47-3)10-18-33)34-19-11-30(48-4)12-20-34/h5-24H,25-26H2,1-4H3. The third-order valence-corrected chi connectivity index (χ3v) is 15.9. The zero-order valence-electron chi connectivity index (χ0n) is 29.9. The number of hydrogen-bond acceptors (Lipinski definition) is 10. The summed E-state index contributed by atoms with van der Waals surface area (Å²) in [5.74, 6) is 4.01. The summed E-state index contributed by atoms with van der Waals surface area (Å²) in [7, 11) is -1.28. The molecule has 2 heterocycles. The molecule has 12 heteroatoms. The number of fused-ring (bicyclic) bond motifs is 2. The SMILES string of the molecule is COc1ccc(P(=O)(c2ccc(OC)cc2)c2ccc3c(c2-c2c(P(=O)(c4ccc(OC)cc4)c4ccc(OC)cc4)ccc4c2OCO4)OCO3)cc1. The highest BCUT2D eigenvalue weighted by Crippen LogP contribution is 2.57. The van der Waals surface area contributed by atoms with Gasteiger partial charge in [0.2, 0.25) is 13.6 Å². The summed E-state index contributed by atoms with van der Waals surface area (Å²) in [6, 6.07) is 35.7. The minimum atomic E-state index is -3.80. The van der Waals surface area contributed by atoms with Gasteiger partial charge in [-0.05, 0) is 121 Å². The van der Waals surface area contributed by atoms with Crippen molar-refractivity contribution in [3.63, 3.8) is 0 Å². The lowest BCUT2D eigenvalue weighted by atomic mass is 10.0. The highest BCUT2D eigenvalue weighted by atomic mass is 31.2. The molecule has 274 valence electrons. The van der Waals surface area contributed by atoms with Crippen molar-refractivity contribution in [2.75, 3.05) is 42.0 Å². The monoisotopic (exact) mass is 762 g/mol. The minimum absolute atomic E-state index is 0.0719. The van der Waals surface area contributed by atoms with Gasteiger partial charge in [-0.1, -0.05) is 0 Å². The van der Waals surface area contributed by atoms with E-state index in [1.807, 2.05) is 0 Å². The summed E-state index contributed by atoms with van der Waals surface area (Å²) >= 11 is 0. The molecule has 0 aromatic heterocycles. The predicted octanol–water partition coefficient (Wildman–Crippen LogP) is 6.12. The predicted molar refractivity (Wildman–Crippen MR) is 209 cm³/mol. The van der Waals surface area contributed by atoms with Crippen LogP contribution < -0.4 is 69.7 Å². The quantitative estimate of drug-likeness (QED) is 0.143. The topological polar surface area (TPSA) is 108 Å². The van der Waals surface area contributed by atoms with Crippen LogP contribution in [0.25, 0.3) is 11.1 Å². The molecule has 0 saturated heterocycles. The van der Waals surface area contributed by atoms with Crippen LogP contribution in [0, 0.1) is 0 Å². The molecule has 2 aliphatic rings. The fourth-order valence-electron chi connectivity index (χ4n) is 6.96. The number of rotatable bonds is 11. The van der Waals surface area contributed by atoms with Crippen LogP contribution >= 0.6 is 14.3 Å². The summed E-state index contributed by atoms with van der Waals surface area (Å²) in [6.45, 7) is -0.144. The van der Waals surface area contributed by atoms with Gasteiger partial charge in [-0.2, -0.15) is 0 Å². The van der Waals surface area contributed by atoms with E-state index in [1.165, 1.54) is 0 Å². The number of methoxy groups -OCH3 is 4. The molecule has 0 saturated carbocycles. The maximum absolute atomic E-state index is 16.4. The molecule has 0 spiro atoms. The van der Waals surface area contributed by atoms with E-state index in [0.717, 1.165) is 0 Å². The van der Waals surface area contributed by atoms with Gasteiger partial charge in [0.05, 0.1) is 28.4 Å². The first-order valence-corrected chi connectivity index (χ1v) is 20.4. The zero-order chi connectivity index (χ0) is 37.5. The van der Waals surface area contributed by atoms with Gasteiger partial charge in [0, 0.05) is 43.0 Å². The van der Waals surface area contributed by atoms with Crippen molar-refractivity contribution in [1.29, 1.82) is 0 Å². The van der Waals surface area contributed by atoms with Crippen LogP contribution in [-0.4, -0.2) is 42.0 Å². The van der Waals surface area contributed by atoms with E-state index < -0.39 is 14.3 Å². The molecule has 0 unspecified atom stereocenters. The molecule has 0 N–H and O–H groups in total. The zero-order valence-corrected chi connectivity index (χ0v) is 31.7. The molecule has 0 bridgehead atoms. The molecular weight excluding hydrogens is 726 g/mol. The van der Waals surface area contributed by atoms with Gasteiger partial charge in [-0.25, -0.2) is 0 Å². The first-order valence-electron chi connectivity index (χ1n) is 17.0. The Morgan fingerprint density at radius 1 is 0.389 bits per heavy atom. The van der Waals surface area contributed by atoms with Crippen LogP contribution in [0.5, 0.6) is 46.0 Å². The van der Waals surface area contributed by atoms with E-state index in [4.69, 9.17) is 37.9 Å². The largest absolute Gasteiger partial charge is 0.497 e. The Morgan fingerprint density at radius 2 is 0.667 bits per heavy atom. The smallest absolute Gasteiger partial charge is 0.231 e. The highest BCUT2D eigenvalue weighted by Gasteiger charge is 2.42. The second-order valence-corrected chi connectivity index (χ2v) is 17.9. The van der Waals surface area contributed by atoms with Crippen LogP contribution in [0.2, 0.25) is 0 Å². The van der Waals surface area contributed by atoms with Gasteiger partial charge >= 0.3 is 0 Å². The Balaban J connectivity index is 1.49. The van der Waals surface area contributed by atoms with E-state index in [9.17, 15) is 0 Å². The molecule has 6 aromatic rings. The second-order valence-electron chi connectivity index (χ2n) is 12.4. The third kappa shape index (κ3) is 5.74. The molecule has 0 fully saturated rings. The van der Waals surface area contributed by atoms with Gasteiger partial charge in [0.25, 0.3) is 0 Å². The Hall–Kier alpha value is -5.82. The molecule has 6 aromatic carbocycles.